The molecule has 1 heterocycles. The number of amides is 1. The summed E-state index contributed by atoms with van der Waals surface area (Å²) in [4.78, 5) is 14.3. The van der Waals surface area contributed by atoms with Gasteiger partial charge in [-0.25, -0.2) is 0 Å². The lowest BCUT2D eigenvalue weighted by atomic mass is 10.0. The molecule has 1 aliphatic heterocycles. The molecule has 1 fully saturated rings. The van der Waals surface area contributed by atoms with Crippen LogP contribution in [-0.4, -0.2) is 42.2 Å². The van der Waals surface area contributed by atoms with Crippen molar-refractivity contribution in [2.45, 2.75) is 25.4 Å². The third kappa shape index (κ3) is 3.07. The molecule has 22 heavy (non-hydrogen) atoms. The van der Waals surface area contributed by atoms with Crippen LogP contribution >= 0.6 is 0 Å². The van der Waals surface area contributed by atoms with E-state index in [4.69, 9.17) is 4.74 Å². The van der Waals surface area contributed by atoms with Gasteiger partial charge < -0.3 is 14.7 Å². The number of benzene rings is 2. The van der Waals surface area contributed by atoms with Gasteiger partial charge in [0.25, 0.3) is 0 Å². The number of aliphatic hydroxyl groups is 1. The molecule has 0 radical (unpaired) electrons. The normalized spacial score (nSPS) is 16.0. The SMILES string of the molecule is COc1ccc2cccc(CC(=O)N3CCC(O)CC3)c2c1. The van der Waals surface area contributed by atoms with Crippen molar-refractivity contribution in [1.82, 2.24) is 4.90 Å². The maximum absolute atomic E-state index is 12.5. The summed E-state index contributed by atoms with van der Waals surface area (Å²) in [6.07, 6.45) is 1.48. The largest absolute Gasteiger partial charge is 0.497 e. The maximum atomic E-state index is 12.5. The number of ether oxygens (including phenoxy) is 1. The number of nitrogens with zero attached hydrogens (tertiary/aromatic N) is 1. The van der Waals surface area contributed by atoms with Crippen LogP contribution in [0.3, 0.4) is 0 Å². The number of likely N-dealkylation sites (tertiary alicyclic amines) is 1. The highest BCUT2D eigenvalue weighted by Gasteiger charge is 2.21. The number of rotatable bonds is 3. The molecule has 1 aliphatic rings. The number of aliphatic hydroxyl groups excluding tert-OH is 1. The van der Waals surface area contributed by atoms with Gasteiger partial charge in [0.1, 0.15) is 5.75 Å². The quantitative estimate of drug-likeness (QED) is 0.946. The summed E-state index contributed by atoms with van der Waals surface area (Å²) in [7, 11) is 1.65. The van der Waals surface area contributed by atoms with Gasteiger partial charge in [0, 0.05) is 13.1 Å². The third-order valence-electron chi connectivity index (χ3n) is 4.34. The first kappa shape index (κ1) is 14.9. The summed E-state index contributed by atoms with van der Waals surface area (Å²) < 4.78 is 5.29. The van der Waals surface area contributed by atoms with Gasteiger partial charge in [-0.1, -0.05) is 24.3 Å². The lowest BCUT2D eigenvalue weighted by molar-refractivity contribution is -0.132. The second kappa shape index (κ2) is 6.36. The minimum atomic E-state index is -0.258. The highest BCUT2D eigenvalue weighted by Crippen LogP contribution is 2.25. The molecule has 116 valence electrons. The van der Waals surface area contributed by atoms with Gasteiger partial charge in [0.15, 0.2) is 0 Å². The molecule has 1 saturated heterocycles. The van der Waals surface area contributed by atoms with E-state index in [0.717, 1.165) is 22.1 Å². The summed E-state index contributed by atoms with van der Waals surface area (Å²) in [6, 6.07) is 12.0. The van der Waals surface area contributed by atoms with E-state index in [9.17, 15) is 9.90 Å². The predicted molar refractivity (Wildman–Crippen MR) is 86.0 cm³/mol. The molecule has 0 bridgehead atoms. The number of hydrogen-bond donors (Lipinski definition) is 1. The summed E-state index contributed by atoms with van der Waals surface area (Å²) in [5.41, 5.74) is 1.02. The Hall–Kier alpha value is -2.07. The van der Waals surface area contributed by atoms with Crippen molar-refractivity contribution < 1.29 is 14.6 Å². The van der Waals surface area contributed by atoms with E-state index in [2.05, 4.69) is 0 Å². The first-order chi connectivity index (χ1) is 10.7. The average Bonchev–Trinajstić information content (AvgIpc) is 2.55. The number of hydrogen-bond acceptors (Lipinski definition) is 3. The van der Waals surface area contributed by atoms with Gasteiger partial charge in [-0.2, -0.15) is 0 Å². The minimum Gasteiger partial charge on any atom is -0.497 e. The summed E-state index contributed by atoms with van der Waals surface area (Å²) in [5, 5.41) is 11.7. The molecule has 4 heteroatoms. The molecule has 1 amide bonds. The summed E-state index contributed by atoms with van der Waals surface area (Å²) >= 11 is 0. The van der Waals surface area contributed by atoms with Crippen LogP contribution in [0.2, 0.25) is 0 Å². The van der Waals surface area contributed by atoms with Crippen molar-refractivity contribution in [1.29, 1.82) is 0 Å². The van der Waals surface area contributed by atoms with Gasteiger partial charge in [0.05, 0.1) is 19.6 Å². The highest BCUT2D eigenvalue weighted by atomic mass is 16.5. The Balaban J connectivity index is 1.82. The zero-order valence-electron chi connectivity index (χ0n) is 12.8. The van der Waals surface area contributed by atoms with Crippen molar-refractivity contribution in [3.05, 3.63) is 42.0 Å². The second-order valence-corrected chi connectivity index (χ2v) is 5.79. The molecule has 0 aliphatic carbocycles. The van der Waals surface area contributed by atoms with Crippen molar-refractivity contribution in [2.75, 3.05) is 20.2 Å². The molecule has 0 spiro atoms. The zero-order chi connectivity index (χ0) is 15.5. The van der Waals surface area contributed by atoms with Crippen LogP contribution in [0.5, 0.6) is 5.75 Å². The standard InChI is InChI=1S/C18H21NO3/c1-22-16-6-5-13-3-2-4-14(17(13)12-16)11-18(21)19-9-7-15(20)8-10-19/h2-6,12,15,20H,7-11H2,1H3. The van der Waals surface area contributed by atoms with Crippen LogP contribution in [0.4, 0.5) is 0 Å². The Morgan fingerprint density at radius 1 is 1.27 bits per heavy atom. The summed E-state index contributed by atoms with van der Waals surface area (Å²) in [5.74, 6) is 0.927. The number of methoxy groups -OCH3 is 1. The van der Waals surface area contributed by atoms with E-state index in [1.165, 1.54) is 0 Å². The van der Waals surface area contributed by atoms with Crippen molar-refractivity contribution in [2.24, 2.45) is 0 Å². The first-order valence-corrected chi connectivity index (χ1v) is 7.69. The Bertz CT molecular complexity index is 675. The number of piperidine rings is 1. The lowest BCUT2D eigenvalue weighted by Gasteiger charge is -2.29. The van der Waals surface area contributed by atoms with Crippen LogP contribution in [0, 0.1) is 0 Å². The molecular weight excluding hydrogens is 278 g/mol. The first-order valence-electron chi connectivity index (χ1n) is 7.69. The Labute approximate surface area is 130 Å². The monoisotopic (exact) mass is 299 g/mol. The Morgan fingerprint density at radius 2 is 2.05 bits per heavy atom. The average molecular weight is 299 g/mol. The number of carbonyl (C=O) groups excluding carboxylic acids is 1. The van der Waals surface area contributed by atoms with Crippen LogP contribution < -0.4 is 4.74 Å². The molecule has 0 saturated carbocycles. The minimum absolute atomic E-state index is 0.127. The molecule has 0 aromatic heterocycles. The Kier molecular flexibility index (Phi) is 4.29. The fraction of sp³-hybridized carbons (Fsp3) is 0.389. The number of fused-ring (bicyclic) bond motifs is 1. The van der Waals surface area contributed by atoms with Crippen LogP contribution in [0.15, 0.2) is 36.4 Å². The van der Waals surface area contributed by atoms with Crippen molar-refractivity contribution in [3.8, 4) is 5.75 Å². The van der Waals surface area contributed by atoms with Gasteiger partial charge in [-0.05, 0) is 41.3 Å². The third-order valence-corrected chi connectivity index (χ3v) is 4.34. The van der Waals surface area contributed by atoms with Crippen LogP contribution in [0.1, 0.15) is 18.4 Å². The highest BCUT2D eigenvalue weighted by molar-refractivity contribution is 5.91. The molecule has 0 unspecified atom stereocenters. The molecular formula is C18H21NO3. The maximum Gasteiger partial charge on any atom is 0.227 e. The lowest BCUT2D eigenvalue weighted by Crippen LogP contribution is -2.40. The van der Waals surface area contributed by atoms with E-state index in [1.54, 1.807) is 7.11 Å². The second-order valence-electron chi connectivity index (χ2n) is 5.79. The Morgan fingerprint density at radius 3 is 2.77 bits per heavy atom. The predicted octanol–water partition coefficient (Wildman–Crippen LogP) is 2.37. The van der Waals surface area contributed by atoms with Gasteiger partial charge in [-0.15, -0.1) is 0 Å². The molecule has 0 atom stereocenters. The van der Waals surface area contributed by atoms with Crippen molar-refractivity contribution in [3.63, 3.8) is 0 Å². The van der Waals surface area contributed by atoms with Gasteiger partial charge in [-0.3, -0.25) is 4.79 Å². The van der Waals surface area contributed by atoms with Crippen molar-refractivity contribution >= 4 is 16.7 Å². The number of carbonyl (C=O) groups is 1. The fourth-order valence-electron chi connectivity index (χ4n) is 2.99. The van der Waals surface area contributed by atoms with E-state index >= 15 is 0 Å². The fourth-order valence-corrected chi connectivity index (χ4v) is 2.99. The summed E-state index contributed by atoms with van der Waals surface area (Å²) in [6.45, 7) is 1.29. The molecule has 2 aromatic carbocycles. The van der Waals surface area contributed by atoms with E-state index in [0.29, 0.717) is 32.4 Å². The topological polar surface area (TPSA) is 49.8 Å². The molecule has 1 N–H and O–H groups in total. The smallest absolute Gasteiger partial charge is 0.227 e. The van der Waals surface area contributed by atoms with E-state index in [1.807, 2.05) is 41.3 Å². The zero-order valence-corrected chi connectivity index (χ0v) is 12.8. The molecule has 2 aromatic rings. The van der Waals surface area contributed by atoms with E-state index < -0.39 is 0 Å². The van der Waals surface area contributed by atoms with Crippen LogP contribution in [-0.2, 0) is 11.2 Å². The van der Waals surface area contributed by atoms with Crippen LogP contribution in [0.25, 0.3) is 10.8 Å². The molecule has 4 nitrogen and oxygen atoms in total. The van der Waals surface area contributed by atoms with Gasteiger partial charge in [0.2, 0.25) is 5.91 Å². The van der Waals surface area contributed by atoms with E-state index in [-0.39, 0.29) is 12.0 Å². The van der Waals surface area contributed by atoms with Gasteiger partial charge >= 0.3 is 0 Å². The molecule has 3 rings (SSSR count).